The van der Waals surface area contributed by atoms with Crippen LogP contribution in [0.5, 0.6) is 0 Å². The van der Waals surface area contributed by atoms with Crippen LogP contribution < -0.4 is 10.3 Å². The quantitative estimate of drug-likeness (QED) is 0.446. The SMILES string of the molecule is Cc1occc1-c1nnc(SCC(=O)Nc2nccs2)n1N1C(=O)CSC1=S. The van der Waals surface area contributed by atoms with Crippen LogP contribution in [0.1, 0.15) is 5.76 Å². The number of aryl methyl sites for hydroxylation is 1. The van der Waals surface area contributed by atoms with Crippen molar-refractivity contribution in [3.8, 4) is 11.4 Å². The molecule has 1 saturated heterocycles. The minimum absolute atomic E-state index is 0.0734. The minimum atomic E-state index is -0.236. The van der Waals surface area contributed by atoms with Crippen molar-refractivity contribution in [1.29, 1.82) is 0 Å². The molecule has 0 bridgehead atoms. The number of nitrogens with one attached hydrogen (secondary N) is 1. The first-order chi connectivity index (χ1) is 13.5. The second-order valence-electron chi connectivity index (χ2n) is 5.44. The molecule has 1 N–H and O–H groups in total. The second-order valence-corrected chi connectivity index (χ2v) is 8.89. The summed E-state index contributed by atoms with van der Waals surface area (Å²) in [4.78, 5) is 28.6. The molecule has 1 aliphatic heterocycles. The zero-order valence-electron chi connectivity index (χ0n) is 14.3. The van der Waals surface area contributed by atoms with E-state index in [2.05, 4.69) is 20.5 Å². The maximum atomic E-state index is 12.4. The largest absolute Gasteiger partial charge is 0.469 e. The number of hydrogen-bond donors (Lipinski definition) is 1. The van der Waals surface area contributed by atoms with Crippen LogP contribution in [0.2, 0.25) is 0 Å². The molecule has 0 aromatic carbocycles. The molecule has 4 heterocycles. The normalized spacial score (nSPS) is 14.1. The molecule has 3 aromatic rings. The molecule has 0 spiro atoms. The zero-order chi connectivity index (χ0) is 19.7. The molecular formula is C15H12N6O3S4. The number of furan rings is 1. The molecule has 2 amide bonds. The third-order valence-corrected chi connectivity index (χ3v) is 6.60. The van der Waals surface area contributed by atoms with Crippen LogP contribution >= 0.6 is 47.1 Å². The summed E-state index contributed by atoms with van der Waals surface area (Å²) in [5.41, 5.74) is 0.694. The average Bonchev–Trinajstić information content (AvgIpc) is 3.43. The van der Waals surface area contributed by atoms with E-state index in [1.807, 2.05) is 0 Å². The Labute approximate surface area is 176 Å². The monoisotopic (exact) mass is 452 g/mol. The molecule has 0 atom stereocenters. The van der Waals surface area contributed by atoms with Crippen molar-refractivity contribution in [2.45, 2.75) is 12.1 Å². The highest BCUT2D eigenvalue weighted by Crippen LogP contribution is 2.30. The summed E-state index contributed by atoms with van der Waals surface area (Å²) in [6.45, 7) is 1.79. The van der Waals surface area contributed by atoms with Gasteiger partial charge in [0, 0.05) is 11.6 Å². The lowest BCUT2D eigenvalue weighted by Crippen LogP contribution is -2.39. The minimum Gasteiger partial charge on any atom is -0.469 e. The van der Waals surface area contributed by atoms with Crippen molar-refractivity contribution in [1.82, 2.24) is 19.9 Å². The summed E-state index contributed by atoms with van der Waals surface area (Å²) in [6, 6.07) is 1.75. The molecule has 1 aliphatic rings. The van der Waals surface area contributed by atoms with Crippen molar-refractivity contribution >= 4 is 68.3 Å². The summed E-state index contributed by atoms with van der Waals surface area (Å²) in [5, 5.41) is 15.1. The standard InChI is InChI=1S/C15H12N6O3S4/c1-8-9(2-4-24-8)12-18-19-14(21(12)20-11(23)7-28-15(20)25)27-6-10(22)17-13-16-3-5-26-13/h2-5H,6-7H2,1H3,(H,16,17,22). The van der Waals surface area contributed by atoms with E-state index in [1.54, 1.807) is 29.2 Å². The number of nitrogens with zero attached hydrogens (tertiary/aromatic N) is 5. The lowest BCUT2D eigenvalue weighted by Gasteiger charge is -2.19. The molecule has 0 aliphatic carbocycles. The van der Waals surface area contributed by atoms with Gasteiger partial charge in [0.05, 0.1) is 23.3 Å². The topological polar surface area (TPSA) is 106 Å². The van der Waals surface area contributed by atoms with Crippen LogP contribution in [-0.4, -0.2) is 47.5 Å². The van der Waals surface area contributed by atoms with Gasteiger partial charge in [0.2, 0.25) is 11.1 Å². The predicted octanol–water partition coefficient (Wildman–Crippen LogP) is 2.53. The smallest absolute Gasteiger partial charge is 0.257 e. The number of thiazole rings is 1. The van der Waals surface area contributed by atoms with Crippen LogP contribution in [0.15, 0.2) is 33.5 Å². The number of thioether (sulfide) groups is 2. The lowest BCUT2D eigenvalue weighted by atomic mass is 10.2. The Morgan fingerprint density at radius 1 is 1.46 bits per heavy atom. The van der Waals surface area contributed by atoms with Gasteiger partial charge in [-0.05, 0) is 13.0 Å². The van der Waals surface area contributed by atoms with E-state index in [0.717, 1.165) is 11.8 Å². The summed E-state index contributed by atoms with van der Waals surface area (Å²) in [7, 11) is 0. The first-order valence-corrected chi connectivity index (χ1v) is 11.1. The summed E-state index contributed by atoms with van der Waals surface area (Å²) < 4.78 is 7.31. The van der Waals surface area contributed by atoms with E-state index in [4.69, 9.17) is 16.6 Å². The summed E-state index contributed by atoms with van der Waals surface area (Å²) >= 11 is 9.09. The van der Waals surface area contributed by atoms with Crippen LogP contribution in [0.3, 0.4) is 0 Å². The molecule has 9 nitrogen and oxygen atoms in total. The number of carbonyl (C=O) groups excluding carboxylic acids is 2. The van der Waals surface area contributed by atoms with Gasteiger partial charge in [-0.25, -0.2) is 4.98 Å². The fourth-order valence-corrected chi connectivity index (χ4v) is 4.73. The van der Waals surface area contributed by atoms with Crippen LogP contribution in [0.4, 0.5) is 5.13 Å². The highest BCUT2D eigenvalue weighted by molar-refractivity contribution is 8.24. The maximum Gasteiger partial charge on any atom is 0.257 e. The van der Waals surface area contributed by atoms with E-state index in [-0.39, 0.29) is 23.3 Å². The first-order valence-electron chi connectivity index (χ1n) is 7.86. The number of thiocarbonyl (C=S) groups is 1. The van der Waals surface area contributed by atoms with E-state index < -0.39 is 0 Å². The maximum absolute atomic E-state index is 12.4. The van der Waals surface area contributed by atoms with E-state index in [9.17, 15) is 9.59 Å². The predicted molar refractivity (Wildman–Crippen MR) is 112 cm³/mol. The van der Waals surface area contributed by atoms with Gasteiger partial charge in [0.1, 0.15) is 5.76 Å². The zero-order valence-corrected chi connectivity index (χ0v) is 17.6. The average molecular weight is 453 g/mol. The number of anilines is 1. The highest BCUT2D eigenvalue weighted by atomic mass is 32.2. The van der Waals surface area contributed by atoms with Crippen molar-refractivity contribution in [3.63, 3.8) is 0 Å². The van der Waals surface area contributed by atoms with Gasteiger partial charge in [0.15, 0.2) is 15.3 Å². The van der Waals surface area contributed by atoms with Crippen molar-refractivity contribution in [2.75, 3.05) is 21.8 Å². The van der Waals surface area contributed by atoms with Gasteiger partial charge in [0.25, 0.3) is 5.91 Å². The van der Waals surface area contributed by atoms with Crippen molar-refractivity contribution < 1.29 is 14.0 Å². The van der Waals surface area contributed by atoms with Gasteiger partial charge >= 0.3 is 0 Å². The molecule has 144 valence electrons. The molecule has 0 radical (unpaired) electrons. The van der Waals surface area contributed by atoms with Crippen LogP contribution in [0.25, 0.3) is 11.4 Å². The Hall–Kier alpha value is -2.22. The lowest BCUT2D eigenvalue weighted by molar-refractivity contribution is -0.116. The van der Waals surface area contributed by atoms with Crippen molar-refractivity contribution in [2.24, 2.45) is 0 Å². The Balaban J connectivity index is 1.63. The summed E-state index contributed by atoms with van der Waals surface area (Å²) in [5.74, 6) is 0.968. The van der Waals surface area contributed by atoms with Gasteiger partial charge in [-0.15, -0.1) is 21.5 Å². The molecule has 0 unspecified atom stereocenters. The number of amides is 2. The molecule has 4 rings (SSSR count). The number of hydrogen-bond acceptors (Lipinski definition) is 10. The van der Waals surface area contributed by atoms with E-state index in [1.165, 1.54) is 34.4 Å². The third-order valence-electron chi connectivity index (χ3n) is 3.65. The number of rotatable bonds is 6. The Kier molecular flexibility index (Phi) is 5.48. The molecular weight excluding hydrogens is 440 g/mol. The van der Waals surface area contributed by atoms with Gasteiger partial charge < -0.3 is 9.73 Å². The Bertz CT molecular complexity index is 1030. The fourth-order valence-electron chi connectivity index (χ4n) is 2.43. The van der Waals surface area contributed by atoms with Gasteiger partial charge in [-0.1, -0.05) is 35.7 Å². The van der Waals surface area contributed by atoms with E-state index in [0.29, 0.717) is 31.8 Å². The van der Waals surface area contributed by atoms with Gasteiger partial charge in [-0.3, -0.25) is 9.59 Å². The first kappa shape index (κ1) is 19.1. The molecule has 28 heavy (non-hydrogen) atoms. The number of carbonyl (C=O) groups is 2. The van der Waals surface area contributed by atoms with Gasteiger partial charge in [-0.2, -0.15) is 9.69 Å². The molecule has 3 aromatic heterocycles. The number of aromatic nitrogens is 4. The Morgan fingerprint density at radius 2 is 2.32 bits per heavy atom. The fraction of sp³-hybridized carbons (Fsp3) is 0.200. The van der Waals surface area contributed by atoms with Crippen LogP contribution in [0, 0.1) is 6.92 Å². The van der Waals surface area contributed by atoms with Crippen LogP contribution in [-0.2, 0) is 9.59 Å². The van der Waals surface area contributed by atoms with Crippen molar-refractivity contribution in [3.05, 3.63) is 29.7 Å². The molecule has 13 heteroatoms. The van der Waals surface area contributed by atoms with E-state index >= 15 is 0 Å². The second kappa shape index (κ2) is 8.03. The highest BCUT2D eigenvalue weighted by Gasteiger charge is 2.33. The third kappa shape index (κ3) is 3.70. The summed E-state index contributed by atoms with van der Waals surface area (Å²) in [6.07, 6.45) is 3.15. The molecule has 0 saturated carbocycles. The Morgan fingerprint density at radius 3 is 2.96 bits per heavy atom. The molecule has 1 fully saturated rings.